The van der Waals surface area contributed by atoms with Crippen LogP contribution in [0.1, 0.15) is 52.7 Å². The molecule has 0 spiro atoms. The number of rotatable bonds is 2. The minimum atomic E-state index is -2.26. The molecule has 0 aliphatic rings. The zero-order chi connectivity index (χ0) is 30.3. The molecule has 0 aromatic heterocycles. The van der Waals surface area contributed by atoms with E-state index in [1.807, 2.05) is 42.5 Å². The molecule has 4 heteroatoms. The summed E-state index contributed by atoms with van der Waals surface area (Å²) in [5.41, 5.74) is 2.32. The van der Waals surface area contributed by atoms with Crippen LogP contribution < -0.4 is 10.4 Å². The summed E-state index contributed by atoms with van der Waals surface area (Å²) < 4.78 is 0. The SMILES string of the molecule is CC(C)(C)c1ccc2c(c1)[cH-]c1cc(C(C)(C)C)ccc12.[Cl][Zr]([Cl])=[Si](c1ccccc1)c1ccccc1.c1cc[cH-]c1. The number of fused-ring (bicyclic) bond motifs is 3. The summed E-state index contributed by atoms with van der Waals surface area (Å²) in [5, 5.41) is 8.14. The summed E-state index contributed by atoms with van der Waals surface area (Å²) >= 11 is -2.26. The third-order valence-corrected chi connectivity index (χ3v) is 23.3. The molecule has 0 radical (unpaired) electrons. The molecule has 0 unspecified atom stereocenters. The number of halogens is 2. The molecule has 0 aliphatic carbocycles. The molecule has 216 valence electrons. The van der Waals surface area contributed by atoms with E-state index in [2.05, 4.69) is 133 Å². The monoisotopic (exact) mass is 684 g/mol. The van der Waals surface area contributed by atoms with Crippen molar-refractivity contribution in [2.75, 3.05) is 0 Å². The summed E-state index contributed by atoms with van der Waals surface area (Å²) in [5.74, 6) is 0. The molecule has 0 saturated heterocycles. The molecule has 0 saturated carbocycles. The predicted octanol–water partition coefficient (Wildman–Crippen LogP) is 10.4. The van der Waals surface area contributed by atoms with E-state index in [0.29, 0.717) is 0 Å². The third-order valence-electron chi connectivity index (χ3n) is 7.31. The van der Waals surface area contributed by atoms with E-state index in [-0.39, 0.29) is 10.8 Å². The summed E-state index contributed by atoms with van der Waals surface area (Å²) in [6.07, 6.45) is 0. The van der Waals surface area contributed by atoms with Gasteiger partial charge in [-0.3, -0.25) is 0 Å². The van der Waals surface area contributed by atoms with E-state index < -0.39 is 23.4 Å². The Morgan fingerprint density at radius 3 is 1.26 bits per heavy atom. The van der Waals surface area contributed by atoms with E-state index in [1.165, 1.54) is 43.0 Å². The molecule has 6 aromatic carbocycles. The Kier molecular flexibility index (Phi) is 11.3. The fourth-order valence-electron chi connectivity index (χ4n) is 4.87. The van der Waals surface area contributed by atoms with Gasteiger partial charge < -0.3 is 0 Å². The quantitative estimate of drug-likeness (QED) is 0.126. The Bertz CT molecular complexity index is 1600. The van der Waals surface area contributed by atoms with Crippen molar-refractivity contribution in [3.63, 3.8) is 0 Å². The third kappa shape index (κ3) is 8.67. The average molecular weight is 687 g/mol. The number of hydrogen-bond acceptors (Lipinski definition) is 0. The molecule has 0 N–H and O–H groups in total. The molecule has 6 rings (SSSR count). The fourth-order valence-corrected chi connectivity index (χ4v) is 20.1. The largest absolute Gasteiger partial charge is 0.214 e. The van der Waals surface area contributed by atoms with Gasteiger partial charge in [-0.05, 0) is 10.8 Å². The van der Waals surface area contributed by atoms with Crippen molar-refractivity contribution in [1.29, 1.82) is 0 Å². The summed E-state index contributed by atoms with van der Waals surface area (Å²) in [7, 11) is 12.6. The maximum atomic E-state index is 6.32. The van der Waals surface area contributed by atoms with Gasteiger partial charge in [-0.1, -0.05) is 76.9 Å². The van der Waals surface area contributed by atoms with E-state index in [4.69, 9.17) is 17.0 Å². The van der Waals surface area contributed by atoms with Gasteiger partial charge in [-0.15, -0.1) is 39.7 Å². The smallest absolute Gasteiger partial charge is 0.172 e. The second-order valence-corrected chi connectivity index (χ2v) is 31.8. The maximum absolute atomic E-state index is 6.32. The Hall–Kier alpha value is -2.22. The zero-order valence-corrected chi connectivity index (χ0v) is 30.4. The molecule has 0 heterocycles. The van der Waals surface area contributed by atoms with Crippen molar-refractivity contribution in [2.24, 2.45) is 0 Å². The van der Waals surface area contributed by atoms with Crippen LogP contribution in [0.2, 0.25) is 0 Å². The Morgan fingerprint density at radius 2 is 0.952 bits per heavy atom. The minimum absolute atomic E-state index is 0.203. The van der Waals surface area contributed by atoms with Crippen LogP contribution in [0, 0.1) is 0 Å². The van der Waals surface area contributed by atoms with Crippen LogP contribution in [-0.2, 0) is 28.8 Å². The predicted molar refractivity (Wildman–Crippen MR) is 186 cm³/mol. The van der Waals surface area contributed by atoms with Crippen molar-refractivity contribution in [3.8, 4) is 0 Å². The van der Waals surface area contributed by atoms with E-state index >= 15 is 0 Å². The number of benzene rings is 4. The van der Waals surface area contributed by atoms with Gasteiger partial charge in [0.05, 0.1) is 0 Å². The molecule has 0 aliphatic heterocycles. The van der Waals surface area contributed by atoms with Crippen LogP contribution in [0.25, 0.3) is 21.5 Å². The van der Waals surface area contributed by atoms with Crippen molar-refractivity contribution in [1.82, 2.24) is 0 Å². The van der Waals surface area contributed by atoms with Crippen LogP contribution in [0.5, 0.6) is 0 Å². The second-order valence-electron chi connectivity index (χ2n) is 12.6. The Labute approximate surface area is 267 Å². The van der Waals surface area contributed by atoms with Gasteiger partial charge in [0.25, 0.3) is 0 Å². The summed E-state index contributed by atoms with van der Waals surface area (Å²) in [6, 6.07) is 47.0. The van der Waals surface area contributed by atoms with Gasteiger partial charge >= 0.3 is 111 Å². The van der Waals surface area contributed by atoms with Gasteiger partial charge in [0.1, 0.15) is 0 Å². The molecular formula is C38H40Cl2SiZr-2. The Morgan fingerprint density at radius 1 is 0.548 bits per heavy atom. The second kappa shape index (κ2) is 14.5. The molecule has 0 atom stereocenters. The van der Waals surface area contributed by atoms with Crippen LogP contribution in [0.4, 0.5) is 0 Å². The molecule has 0 amide bonds. The number of hydrogen-bond donors (Lipinski definition) is 0. The molecule has 42 heavy (non-hydrogen) atoms. The zero-order valence-electron chi connectivity index (χ0n) is 25.5. The van der Waals surface area contributed by atoms with Crippen molar-refractivity contribution >= 4 is 54.4 Å². The van der Waals surface area contributed by atoms with Crippen molar-refractivity contribution < 1.29 is 18.0 Å². The van der Waals surface area contributed by atoms with Gasteiger partial charge in [-0.2, -0.15) is 18.2 Å². The van der Waals surface area contributed by atoms with Crippen LogP contribution >= 0.6 is 17.0 Å². The summed E-state index contributed by atoms with van der Waals surface area (Å²) in [4.78, 5) is 0. The minimum Gasteiger partial charge on any atom is -0.214 e. The van der Waals surface area contributed by atoms with Crippen LogP contribution in [0.15, 0.2) is 133 Å². The summed E-state index contributed by atoms with van der Waals surface area (Å²) in [6.45, 7) is 13.6. The maximum Gasteiger partial charge on any atom is -0.172 e. The normalized spacial score (nSPS) is 11.3. The molecule has 0 nitrogen and oxygen atoms in total. The molecule has 0 fully saturated rings. The average Bonchev–Trinajstić information content (AvgIpc) is 3.65. The van der Waals surface area contributed by atoms with Crippen molar-refractivity contribution in [2.45, 2.75) is 52.4 Å². The molecule has 6 aromatic rings. The topological polar surface area (TPSA) is 0 Å². The first-order valence-corrected chi connectivity index (χ1v) is 25.9. The first-order chi connectivity index (χ1) is 19.9. The van der Waals surface area contributed by atoms with Gasteiger partial charge in [0.15, 0.2) is 0 Å². The van der Waals surface area contributed by atoms with Gasteiger partial charge in [-0.25, -0.2) is 12.1 Å². The van der Waals surface area contributed by atoms with Crippen LogP contribution in [-0.4, -0.2) is 5.43 Å². The van der Waals surface area contributed by atoms with Gasteiger partial charge in [0.2, 0.25) is 0 Å². The van der Waals surface area contributed by atoms with Crippen molar-refractivity contribution in [3.05, 3.63) is 145 Å². The Balaban J connectivity index is 0.000000170. The first-order valence-electron chi connectivity index (χ1n) is 14.4. The van der Waals surface area contributed by atoms with E-state index in [1.54, 1.807) is 0 Å². The van der Waals surface area contributed by atoms with Gasteiger partial charge in [0, 0.05) is 0 Å². The molecular weight excluding hydrogens is 647 g/mol. The fraction of sp³-hybridized carbons (Fsp3) is 0.211. The van der Waals surface area contributed by atoms with E-state index in [9.17, 15) is 0 Å². The standard InChI is InChI=1S/C21H25.C12H10Si.C5H5.2ClH.Zr/c1-20(2,3)16-7-9-18-14(12-16)11-15-13-17(21(4,5)6)8-10-19(15)18;1-3-7-11(8-4-1)13-12-9-5-2-6-10-12;1-2-4-5-3-1;;;/h7-13H,1-6H3;1-10H;1-5H;2*1H;/q-1;;-1;;;+2/p-2. The molecule has 0 bridgehead atoms. The van der Waals surface area contributed by atoms with Crippen LogP contribution in [0.3, 0.4) is 0 Å². The first kappa shape index (κ1) is 32.7. The van der Waals surface area contributed by atoms with E-state index in [0.717, 1.165) is 0 Å².